The molecule has 0 unspecified atom stereocenters. The predicted molar refractivity (Wildman–Crippen MR) is 67.3 cm³/mol. The Morgan fingerprint density at radius 3 is 2.50 bits per heavy atom. The number of carboxylic acids is 1. The monoisotopic (exact) mass is 250 g/mol. The van der Waals surface area contributed by atoms with Crippen LogP contribution in [0.15, 0.2) is 18.2 Å². The van der Waals surface area contributed by atoms with Crippen molar-refractivity contribution in [3.63, 3.8) is 0 Å². The fraction of sp³-hybridized carbons (Fsp3) is 0.500. The first-order valence-electron chi connectivity index (χ1n) is 6.09. The van der Waals surface area contributed by atoms with Crippen LogP contribution in [0.5, 0.6) is 11.5 Å². The quantitative estimate of drug-likeness (QED) is 0.843. The van der Waals surface area contributed by atoms with E-state index in [4.69, 9.17) is 14.6 Å². The number of hydrogen-bond donors (Lipinski definition) is 1. The van der Waals surface area contributed by atoms with Gasteiger partial charge < -0.3 is 14.6 Å². The third-order valence-corrected chi connectivity index (χ3v) is 3.42. The molecule has 2 rings (SSSR count). The summed E-state index contributed by atoms with van der Waals surface area (Å²) in [6.07, 6.45) is 2.42. The number of benzene rings is 1. The van der Waals surface area contributed by atoms with Gasteiger partial charge >= 0.3 is 5.97 Å². The van der Waals surface area contributed by atoms with Gasteiger partial charge in [0, 0.05) is 0 Å². The fourth-order valence-corrected chi connectivity index (χ4v) is 2.33. The van der Waals surface area contributed by atoms with Gasteiger partial charge in [-0.15, -0.1) is 0 Å². The van der Waals surface area contributed by atoms with E-state index < -0.39 is 5.97 Å². The molecule has 0 bridgehead atoms. The number of methoxy groups -OCH3 is 2. The van der Waals surface area contributed by atoms with Gasteiger partial charge in [-0.05, 0) is 42.4 Å². The molecule has 1 atom stereocenters. The molecule has 0 saturated heterocycles. The first-order valence-corrected chi connectivity index (χ1v) is 6.09. The second-order valence-corrected chi connectivity index (χ2v) is 4.66. The van der Waals surface area contributed by atoms with Crippen LogP contribution in [-0.4, -0.2) is 25.3 Å². The lowest BCUT2D eigenvalue weighted by molar-refractivity contribution is -0.137. The van der Waals surface area contributed by atoms with E-state index in [1.807, 2.05) is 18.2 Å². The Morgan fingerprint density at radius 2 is 2.00 bits per heavy atom. The number of hydrogen-bond acceptors (Lipinski definition) is 3. The molecule has 1 aromatic carbocycles. The number of carboxylic acid groups (broad SMARTS) is 1. The molecule has 1 saturated carbocycles. The van der Waals surface area contributed by atoms with Gasteiger partial charge in [0.1, 0.15) is 0 Å². The predicted octanol–water partition coefficient (Wildman–Crippen LogP) is 2.67. The second-order valence-electron chi connectivity index (χ2n) is 4.66. The lowest BCUT2D eigenvalue weighted by Crippen LogP contribution is -2.08. The molecule has 1 aliphatic rings. The van der Waals surface area contributed by atoms with Gasteiger partial charge in [-0.3, -0.25) is 4.79 Å². The minimum Gasteiger partial charge on any atom is -0.493 e. The summed E-state index contributed by atoms with van der Waals surface area (Å²) in [5, 5.41) is 8.99. The lowest BCUT2D eigenvalue weighted by Gasteiger charge is -2.16. The van der Waals surface area contributed by atoms with Gasteiger partial charge in [-0.25, -0.2) is 0 Å². The molecule has 1 aromatic rings. The van der Waals surface area contributed by atoms with Crippen LogP contribution in [0, 0.1) is 5.92 Å². The highest BCUT2D eigenvalue weighted by Crippen LogP contribution is 2.45. The van der Waals surface area contributed by atoms with Crippen LogP contribution in [0.1, 0.15) is 30.7 Å². The fourth-order valence-electron chi connectivity index (χ4n) is 2.33. The molecule has 0 aliphatic heterocycles. The van der Waals surface area contributed by atoms with Crippen LogP contribution in [0.3, 0.4) is 0 Å². The Morgan fingerprint density at radius 1 is 1.33 bits per heavy atom. The van der Waals surface area contributed by atoms with E-state index in [9.17, 15) is 4.79 Å². The number of ether oxygens (including phenoxy) is 2. The molecule has 1 aliphatic carbocycles. The van der Waals surface area contributed by atoms with Crippen LogP contribution in [-0.2, 0) is 4.79 Å². The van der Waals surface area contributed by atoms with Crippen molar-refractivity contribution >= 4 is 5.97 Å². The summed E-state index contributed by atoms with van der Waals surface area (Å²) >= 11 is 0. The zero-order chi connectivity index (χ0) is 13.1. The second kappa shape index (κ2) is 5.29. The molecule has 0 spiro atoms. The van der Waals surface area contributed by atoms with Gasteiger partial charge in [0.15, 0.2) is 11.5 Å². The standard InChI is InChI=1S/C14H18O4/c1-17-12-6-5-10(7-13(12)18-2)11(8-14(15)16)9-3-4-9/h5-7,9,11H,3-4,8H2,1-2H3,(H,15,16)/t11-/m0/s1. The maximum Gasteiger partial charge on any atom is 0.303 e. The highest BCUT2D eigenvalue weighted by Gasteiger charge is 2.34. The summed E-state index contributed by atoms with van der Waals surface area (Å²) in [4.78, 5) is 10.9. The Bertz CT molecular complexity index is 437. The maximum absolute atomic E-state index is 10.9. The normalized spacial score (nSPS) is 16.1. The van der Waals surface area contributed by atoms with Crippen molar-refractivity contribution < 1.29 is 19.4 Å². The average molecular weight is 250 g/mol. The van der Waals surface area contributed by atoms with E-state index in [1.54, 1.807) is 14.2 Å². The van der Waals surface area contributed by atoms with Crippen molar-refractivity contribution in [2.75, 3.05) is 14.2 Å². The van der Waals surface area contributed by atoms with Crippen LogP contribution in [0.2, 0.25) is 0 Å². The molecule has 0 aromatic heterocycles. The Balaban J connectivity index is 2.26. The molecule has 18 heavy (non-hydrogen) atoms. The van der Waals surface area contributed by atoms with E-state index in [-0.39, 0.29) is 12.3 Å². The highest BCUT2D eigenvalue weighted by molar-refractivity contribution is 5.68. The molecular formula is C14H18O4. The smallest absolute Gasteiger partial charge is 0.303 e. The summed E-state index contributed by atoms with van der Waals surface area (Å²) in [7, 11) is 3.18. The first kappa shape index (κ1) is 12.7. The van der Waals surface area contributed by atoms with E-state index in [1.165, 1.54) is 0 Å². The van der Waals surface area contributed by atoms with E-state index >= 15 is 0 Å². The van der Waals surface area contributed by atoms with Gasteiger partial charge in [0.2, 0.25) is 0 Å². The SMILES string of the molecule is COc1ccc([C@@H](CC(=O)O)C2CC2)cc1OC. The summed E-state index contributed by atoms with van der Waals surface area (Å²) in [5.41, 5.74) is 1.03. The largest absolute Gasteiger partial charge is 0.493 e. The third-order valence-electron chi connectivity index (χ3n) is 3.42. The lowest BCUT2D eigenvalue weighted by atomic mass is 9.91. The topological polar surface area (TPSA) is 55.8 Å². The summed E-state index contributed by atoms with van der Waals surface area (Å²) in [6, 6.07) is 5.67. The van der Waals surface area contributed by atoms with Crippen molar-refractivity contribution in [2.24, 2.45) is 5.92 Å². The number of carbonyl (C=O) groups is 1. The first-order chi connectivity index (χ1) is 8.65. The van der Waals surface area contributed by atoms with Crippen LogP contribution in [0.4, 0.5) is 0 Å². The van der Waals surface area contributed by atoms with E-state index in [2.05, 4.69) is 0 Å². The zero-order valence-corrected chi connectivity index (χ0v) is 10.7. The Hall–Kier alpha value is -1.71. The molecule has 0 amide bonds. The minimum absolute atomic E-state index is 0.0855. The van der Waals surface area contributed by atoms with Crippen molar-refractivity contribution in [2.45, 2.75) is 25.2 Å². The van der Waals surface area contributed by atoms with Crippen LogP contribution < -0.4 is 9.47 Å². The number of rotatable bonds is 6. The van der Waals surface area contributed by atoms with Crippen LogP contribution >= 0.6 is 0 Å². The van der Waals surface area contributed by atoms with Crippen molar-refractivity contribution in [1.82, 2.24) is 0 Å². The van der Waals surface area contributed by atoms with Crippen molar-refractivity contribution in [3.8, 4) is 11.5 Å². The summed E-state index contributed by atoms with van der Waals surface area (Å²) < 4.78 is 10.4. The highest BCUT2D eigenvalue weighted by atomic mass is 16.5. The van der Waals surface area contributed by atoms with E-state index in [0.29, 0.717) is 17.4 Å². The molecule has 0 heterocycles. The van der Waals surface area contributed by atoms with Gasteiger partial charge in [-0.1, -0.05) is 6.07 Å². The molecule has 4 heteroatoms. The summed E-state index contributed by atoms with van der Waals surface area (Å²) in [5.74, 6) is 1.17. The van der Waals surface area contributed by atoms with Crippen LogP contribution in [0.25, 0.3) is 0 Å². The van der Waals surface area contributed by atoms with Gasteiger partial charge in [-0.2, -0.15) is 0 Å². The molecule has 1 N–H and O–H groups in total. The zero-order valence-electron chi connectivity index (χ0n) is 10.7. The third kappa shape index (κ3) is 2.75. The molecule has 4 nitrogen and oxygen atoms in total. The molecule has 1 fully saturated rings. The summed E-state index contributed by atoms with van der Waals surface area (Å²) in [6.45, 7) is 0. The van der Waals surface area contributed by atoms with Gasteiger partial charge in [0.25, 0.3) is 0 Å². The Labute approximate surface area is 107 Å². The average Bonchev–Trinajstić information content (AvgIpc) is 3.19. The Kier molecular flexibility index (Phi) is 3.75. The minimum atomic E-state index is -0.748. The number of aliphatic carboxylic acids is 1. The van der Waals surface area contributed by atoms with E-state index in [0.717, 1.165) is 18.4 Å². The maximum atomic E-state index is 10.9. The van der Waals surface area contributed by atoms with Crippen molar-refractivity contribution in [1.29, 1.82) is 0 Å². The molecular weight excluding hydrogens is 232 g/mol. The molecule has 0 radical (unpaired) electrons. The van der Waals surface area contributed by atoms with Gasteiger partial charge in [0.05, 0.1) is 20.6 Å². The molecule has 98 valence electrons. The van der Waals surface area contributed by atoms with Crippen molar-refractivity contribution in [3.05, 3.63) is 23.8 Å².